The molecule has 2 nitrogen and oxygen atoms in total. The number of ketones is 1. The minimum absolute atomic E-state index is 0.112. The van der Waals surface area contributed by atoms with Gasteiger partial charge in [0.2, 0.25) is 0 Å². The number of nitrogens with zero attached hydrogens (tertiary/aromatic N) is 1. The largest absolute Gasteiger partial charge is 0.292 e. The van der Waals surface area contributed by atoms with E-state index in [2.05, 4.69) is 0 Å². The topological polar surface area (TPSA) is 40.9 Å². The van der Waals surface area contributed by atoms with Crippen molar-refractivity contribution in [2.75, 3.05) is 0 Å². The minimum atomic E-state index is -1.17. The molecule has 0 saturated heterocycles. The van der Waals surface area contributed by atoms with E-state index in [1.54, 1.807) is 25.1 Å². The smallest absolute Gasteiger partial charge is 0.184 e. The SMILES string of the molecule is Cc1ccc(C(=O)C(C#N)c2c(Cl)cccc2Cl)cc1F. The molecule has 0 aliphatic rings. The van der Waals surface area contributed by atoms with Crippen LogP contribution in [0, 0.1) is 24.1 Å². The molecule has 0 aliphatic heterocycles. The Morgan fingerprint density at radius 1 is 1.24 bits per heavy atom. The summed E-state index contributed by atoms with van der Waals surface area (Å²) in [5.41, 5.74) is 0.783. The summed E-state index contributed by atoms with van der Waals surface area (Å²) in [7, 11) is 0. The average molecular weight is 322 g/mol. The minimum Gasteiger partial charge on any atom is -0.292 e. The van der Waals surface area contributed by atoms with Gasteiger partial charge in [0, 0.05) is 21.2 Å². The van der Waals surface area contributed by atoms with E-state index >= 15 is 0 Å². The molecule has 0 fully saturated rings. The van der Waals surface area contributed by atoms with Gasteiger partial charge in [0.25, 0.3) is 0 Å². The highest BCUT2D eigenvalue weighted by molar-refractivity contribution is 6.36. The fourth-order valence-corrected chi connectivity index (χ4v) is 2.57. The van der Waals surface area contributed by atoms with Crippen LogP contribution in [0.4, 0.5) is 4.39 Å². The van der Waals surface area contributed by atoms with Crippen LogP contribution in [0.15, 0.2) is 36.4 Å². The first-order chi connectivity index (χ1) is 9.95. The van der Waals surface area contributed by atoms with Crippen LogP contribution in [0.1, 0.15) is 27.4 Å². The summed E-state index contributed by atoms with van der Waals surface area (Å²) in [5, 5.41) is 9.77. The quantitative estimate of drug-likeness (QED) is 0.752. The van der Waals surface area contributed by atoms with E-state index in [-0.39, 0.29) is 21.2 Å². The van der Waals surface area contributed by atoms with Crippen LogP contribution in [0.25, 0.3) is 0 Å². The van der Waals surface area contributed by atoms with Gasteiger partial charge in [0.15, 0.2) is 5.78 Å². The fourth-order valence-electron chi connectivity index (χ4n) is 1.95. The van der Waals surface area contributed by atoms with Gasteiger partial charge < -0.3 is 0 Å². The number of Topliss-reactive ketones (excluding diaryl/α,β-unsaturated/α-hetero) is 1. The second-order valence-corrected chi connectivity index (χ2v) is 5.34. The Morgan fingerprint density at radius 3 is 2.38 bits per heavy atom. The number of rotatable bonds is 3. The highest BCUT2D eigenvalue weighted by Crippen LogP contribution is 2.33. The van der Waals surface area contributed by atoms with Crippen LogP contribution >= 0.6 is 23.2 Å². The lowest BCUT2D eigenvalue weighted by molar-refractivity contribution is 0.0978. The average Bonchev–Trinajstić information content (AvgIpc) is 2.45. The third-order valence-corrected chi connectivity index (χ3v) is 3.80. The normalized spacial score (nSPS) is 11.8. The van der Waals surface area contributed by atoms with E-state index in [0.29, 0.717) is 5.56 Å². The number of hydrogen-bond donors (Lipinski definition) is 0. The summed E-state index contributed by atoms with van der Waals surface area (Å²) in [6.45, 7) is 1.59. The van der Waals surface area contributed by atoms with Crippen molar-refractivity contribution in [2.24, 2.45) is 0 Å². The van der Waals surface area contributed by atoms with Gasteiger partial charge >= 0.3 is 0 Å². The molecule has 5 heteroatoms. The predicted octanol–water partition coefficient (Wildman–Crippen LogP) is 4.93. The Morgan fingerprint density at radius 2 is 1.86 bits per heavy atom. The summed E-state index contributed by atoms with van der Waals surface area (Å²) < 4.78 is 13.6. The Bertz CT molecular complexity index is 732. The van der Waals surface area contributed by atoms with Crippen molar-refractivity contribution < 1.29 is 9.18 Å². The lowest BCUT2D eigenvalue weighted by Gasteiger charge is -2.12. The fraction of sp³-hybridized carbons (Fsp3) is 0.125. The third kappa shape index (κ3) is 3.07. The van der Waals surface area contributed by atoms with Crippen molar-refractivity contribution in [1.29, 1.82) is 5.26 Å². The summed E-state index contributed by atoms with van der Waals surface area (Å²) in [4.78, 5) is 12.4. The Balaban J connectivity index is 2.49. The summed E-state index contributed by atoms with van der Waals surface area (Å²) in [6.07, 6.45) is 0. The highest BCUT2D eigenvalue weighted by atomic mass is 35.5. The Labute approximate surface area is 131 Å². The number of halogens is 3. The van der Waals surface area contributed by atoms with Crippen molar-refractivity contribution in [3.63, 3.8) is 0 Å². The Kier molecular flexibility index (Phi) is 4.62. The standard InChI is InChI=1S/C16H10Cl2FNO/c1-9-5-6-10(7-14(9)19)16(21)11(8-20)15-12(17)3-2-4-13(15)18/h2-7,11H,1H3. The van der Waals surface area contributed by atoms with Gasteiger partial charge in [0.05, 0.1) is 6.07 Å². The summed E-state index contributed by atoms with van der Waals surface area (Å²) in [5.74, 6) is -2.21. The maximum absolute atomic E-state index is 13.6. The van der Waals surface area contributed by atoms with Crippen LogP contribution in [0.2, 0.25) is 10.0 Å². The molecule has 0 radical (unpaired) electrons. The molecule has 106 valence electrons. The van der Waals surface area contributed by atoms with Crippen molar-refractivity contribution in [3.05, 3.63) is 69.0 Å². The van der Waals surface area contributed by atoms with Gasteiger partial charge in [-0.1, -0.05) is 41.4 Å². The van der Waals surface area contributed by atoms with Gasteiger partial charge in [0.1, 0.15) is 11.7 Å². The summed E-state index contributed by atoms with van der Waals surface area (Å²) >= 11 is 12.1. The first-order valence-electron chi connectivity index (χ1n) is 6.09. The van der Waals surface area contributed by atoms with Crippen molar-refractivity contribution in [3.8, 4) is 6.07 Å². The molecular weight excluding hydrogens is 312 g/mol. The van der Waals surface area contributed by atoms with E-state index < -0.39 is 17.5 Å². The van der Waals surface area contributed by atoms with E-state index in [4.69, 9.17) is 23.2 Å². The van der Waals surface area contributed by atoms with Crippen LogP contribution in [-0.2, 0) is 0 Å². The van der Waals surface area contributed by atoms with Crippen molar-refractivity contribution in [1.82, 2.24) is 0 Å². The van der Waals surface area contributed by atoms with Crippen LogP contribution in [-0.4, -0.2) is 5.78 Å². The zero-order valence-electron chi connectivity index (χ0n) is 11.0. The summed E-state index contributed by atoms with van der Waals surface area (Å²) in [6, 6.07) is 10.7. The van der Waals surface area contributed by atoms with Gasteiger partial charge in [-0.15, -0.1) is 0 Å². The highest BCUT2D eigenvalue weighted by Gasteiger charge is 2.26. The van der Waals surface area contributed by atoms with Crippen LogP contribution < -0.4 is 0 Å². The molecule has 0 saturated carbocycles. The van der Waals surface area contributed by atoms with E-state index in [0.717, 1.165) is 6.07 Å². The lowest BCUT2D eigenvalue weighted by atomic mass is 9.91. The zero-order valence-corrected chi connectivity index (χ0v) is 12.5. The molecule has 0 heterocycles. The molecule has 0 aliphatic carbocycles. The molecular formula is C16H10Cl2FNO. The number of benzene rings is 2. The van der Waals surface area contributed by atoms with Crippen LogP contribution in [0.5, 0.6) is 0 Å². The molecule has 2 aromatic rings. The van der Waals surface area contributed by atoms with E-state index in [1.165, 1.54) is 12.1 Å². The second kappa shape index (κ2) is 6.26. The number of carbonyl (C=O) groups excluding carboxylic acids is 1. The van der Waals surface area contributed by atoms with E-state index in [9.17, 15) is 14.4 Å². The molecule has 0 bridgehead atoms. The third-order valence-electron chi connectivity index (χ3n) is 3.14. The number of aryl methyl sites for hydroxylation is 1. The maximum Gasteiger partial charge on any atom is 0.184 e. The second-order valence-electron chi connectivity index (χ2n) is 4.53. The monoisotopic (exact) mass is 321 g/mol. The molecule has 1 atom stereocenters. The van der Waals surface area contributed by atoms with Crippen molar-refractivity contribution >= 4 is 29.0 Å². The molecule has 0 amide bonds. The maximum atomic E-state index is 13.6. The number of nitriles is 1. The molecule has 1 unspecified atom stereocenters. The zero-order chi connectivity index (χ0) is 15.6. The van der Waals surface area contributed by atoms with Gasteiger partial charge in [-0.3, -0.25) is 4.79 Å². The predicted molar refractivity (Wildman–Crippen MR) is 80.3 cm³/mol. The first-order valence-corrected chi connectivity index (χ1v) is 6.85. The van der Waals surface area contributed by atoms with E-state index in [1.807, 2.05) is 6.07 Å². The molecule has 21 heavy (non-hydrogen) atoms. The molecule has 0 aromatic heterocycles. The number of hydrogen-bond acceptors (Lipinski definition) is 2. The van der Waals surface area contributed by atoms with Gasteiger partial charge in [-0.2, -0.15) is 5.26 Å². The molecule has 0 spiro atoms. The van der Waals surface area contributed by atoms with Crippen molar-refractivity contribution in [2.45, 2.75) is 12.8 Å². The first kappa shape index (κ1) is 15.5. The lowest BCUT2D eigenvalue weighted by Crippen LogP contribution is -2.13. The van der Waals surface area contributed by atoms with Gasteiger partial charge in [-0.25, -0.2) is 4.39 Å². The number of carbonyl (C=O) groups is 1. The molecule has 2 aromatic carbocycles. The molecule has 2 rings (SSSR count). The van der Waals surface area contributed by atoms with Gasteiger partial charge in [-0.05, 0) is 30.7 Å². The van der Waals surface area contributed by atoms with Crippen LogP contribution in [0.3, 0.4) is 0 Å². The molecule has 0 N–H and O–H groups in total. The Hall–Kier alpha value is -1.89.